The van der Waals surface area contributed by atoms with Crippen molar-refractivity contribution in [2.24, 2.45) is 0 Å². The summed E-state index contributed by atoms with van der Waals surface area (Å²) in [6.45, 7) is 0. The normalized spacial score (nSPS) is 11.9. The van der Waals surface area contributed by atoms with Crippen LogP contribution < -0.4 is 4.90 Å². The molecule has 0 radical (unpaired) electrons. The molecule has 0 aliphatic rings. The van der Waals surface area contributed by atoms with E-state index in [-0.39, 0.29) is 0 Å². The second-order valence-electron chi connectivity index (χ2n) is 14.3. The summed E-state index contributed by atoms with van der Waals surface area (Å²) >= 11 is 1.86. The number of nitrogens with zero attached hydrogens (tertiary/aromatic N) is 2. The number of hydrogen-bond acceptors (Lipinski definition) is 5. The number of anilines is 3. The predicted octanol–water partition coefficient (Wildman–Crippen LogP) is 15.2. The van der Waals surface area contributed by atoms with Gasteiger partial charge in [-0.2, -0.15) is 0 Å². The van der Waals surface area contributed by atoms with Gasteiger partial charge in [-0.25, -0.2) is 4.98 Å². The molecule has 12 rings (SSSR count). The summed E-state index contributed by atoms with van der Waals surface area (Å²) in [6, 6.07) is 64.5. The molecule has 0 saturated heterocycles. The van der Waals surface area contributed by atoms with Gasteiger partial charge in [0, 0.05) is 59.6 Å². The number of thiophene rings is 1. The van der Waals surface area contributed by atoms with Crippen molar-refractivity contribution >= 4 is 103 Å². The highest BCUT2D eigenvalue weighted by Crippen LogP contribution is 2.45. The van der Waals surface area contributed by atoms with Gasteiger partial charge < -0.3 is 13.7 Å². The fraction of sp³-hybridized carbons (Fsp3) is 0. The first kappa shape index (κ1) is 31.2. The maximum absolute atomic E-state index is 6.67. The lowest BCUT2D eigenvalue weighted by molar-refractivity contribution is 0.620. The van der Waals surface area contributed by atoms with E-state index < -0.39 is 0 Å². The topological polar surface area (TPSA) is 42.4 Å². The van der Waals surface area contributed by atoms with Gasteiger partial charge in [-0.05, 0) is 99.4 Å². The second-order valence-corrected chi connectivity index (χ2v) is 15.4. The van der Waals surface area contributed by atoms with Crippen LogP contribution in [0, 0.1) is 0 Å². The van der Waals surface area contributed by atoms with Crippen LogP contribution >= 0.6 is 11.3 Å². The van der Waals surface area contributed by atoms with Crippen molar-refractivity contribution in [3.05, 3.63) is 182 Å². The largest absolute Gasteiger partial charge is 0.456 e. The molecule has 0 atom stereocenters. The van der Waals surface area contributed by atoms with E-state index >= 15 is 0 Å². The highest BCUT2D eigenvalue weighted by Gasteiger charge is 2.21. The van der Waals surface area contributed by atoms with Crippen LogP contribution in [0.3, 0.4) is 0 Å². The van der Waals surface area contributed by atoms with Gasteiger partial charge in [0.2, 0.25) is 5.89 Å². The lowest BCUT2D eigenvalue weighted by atomic mass is 10.0. The molecule has 12 aromatic rings. The Balaban J connectivity index is 1.04. The zero-order valence-corrected chi connectivity index (χ0v) is 30.8. The number of rotatable bonds is 5. The average Bonchev–Trinajstić information content (AvgIpc) is 3.96. The van der Waals surface area contributed by atoms with Gasteiger partial charge in [0.05, 0.1) is 0 Å². The van der Waals surface area contributed by atoms with Crippen molar-refractivity contribution in [2.75, 3.05) is 4.90 Å². The Morgan fingerprint density at radius 2 is 1.16 bits per heavy atom. The molecule has 0 unspecified atom stereocenters. The van der Waals surface area contributed by atoms with Crippen LogP contribution in [-0.4, -0.2) is 4.98 Å². The minimum atomic E-state index is 0.580. The van der Waals surface area contributed by atoms with Gasteiger partial charge >= 0.3 is 0 Å². The Kier molecular flexibility index (Phi) is 6.76. The van der Waals surface area contributed by atoms with E-state index in [2.05, 4.69) is 163 Å². The lowest BCUT2D eigenvalue weighted by Crippen LogP contribution is -2.09. The van der Waals surface area contributed by atoms with Crippen molar-refractivity contribution < 1.29 is 8.83 Å². The van der Waals surface area contributed by atoms with Gasteiger partial charge in [-0.1, -0.05) is 109 Å². The monoisotopic (exact) mass is 734 g/mol. The molecule has 56 heavy (non-hydrogen) atoms. The molecule has 0 fully saturated rings. The van der Waals surface area contributed by atoms with Crippen molar-refractivity contribution in [2.45, 2.75) is 0 Å². The molecule has 4 nitrogen and oxygen atoms in total. The number of oxazole rings is 1. The van der Waals surface area contributed by atoms with Crippen molar-refractivity contribution in [1.82, 2.24) is 4.98 Å². The van der Waals surface area contributed by atoms with E-state index in [9.17, 15) is 0 Å². The van der Waals surface area contributed by atoms with E-state index in [0.717, 1.165) is 72.0 Å². The van der Waals surface area contributed by atoms with Gasteiger partial charge in [0.25, 0.3) is 0 Å². The van der Waals surface area contributed by atoms with E-state index in [4.69, 9.17) is 13.8 Å². The van der Waals surface area contributed by atoms with E-state index in [1.54, 1.807) is 0 Å². The molecule has 3 heterocycles. The maximum atomic E-state index is 6.67. The summed E-state index contributed by atoms with van der Waals surface area (Å²) < 4.78 is 15.7. The van der Waals surface area contributed by atoms with Crippen molar-refractivity contribution in [3.63, 3.8) is 0 Å². The van der Waals surface area contributed by atoms with Crippen LogP contribution in [-0.2, 0) is 0 Å². The minimum absolute atomic E-state index is 0.580. The van der Waals surface area contributed by atoms with Crippen LogP contribution in [0.5, 0.6) is 0 Å². The summed E-state index contributed by atoms with van der Waals surface area (Å²) in [4.78, 5) is 7.31. The van der Waals surface area contributed by atoms with Crippen LogP contribution in [0.1, 0.15) is 0 Å². The Bertz CT molecular complexity index is 3450. The number of hydrogen-bond donors (Lipinski definition) is 0. The summed E-state index contributed by atoms with van der Waals surface area (Å²) in [6.07, 6.45) is 0. The summed E-state index contributed by atoms with van der Waals surface area (Å²) in [5.74, 6) is 0.580. The molecule has 0 bridgehead atoms. The minimum Gasteiger partial charge on any atom is -0.456 e. The van der Waals surface area contributed by atoms with E-state index in [1.807, 2.05) is 35.6 Å². The van der Waals surface area contributed by atoms with Crippen molar-refractivity contribution in [3.8, 4) is 22.6 Å². The Labute approximate surface area is 325 Å². The van der Waals surface area contributed by atoms with E-state index in [0.29, 0.717) is 5.89 Å². The fourth-order valence-corrected chi connectivity index (χ4v) is 9.61. The van der Waals surface area contributed by atoms with Crippen LogP contribution in [0.25, 0.3) is 97.3 Å². The number of benzene rings is 9. The van der Waals surface area contributed by atoms with Crippen molar-refractivity contribution in [1.29, 1.82) is 0 Å². The quantitative estimate of drug-likeness (QED) is 0.177. The smallest absolute Gasteiger partial charge is 0.228 e. The first-order valence-corrected chi connectivity index (χ1v) is 19.6. The Hall–Kier alpha value is -7.21. The van der Waals surface area contributed by atoms with Crippen LogP contribution in [0.2, 0.25) is 0 Å². The number of furan rings is 1. The molecule has 0 aliphatic carbocycles. The first-order valence-electron chi connectivity index (χ1n) is 18.8. The van der Waals surface area contributed by atoms with Gasteiger partial charge in [-0.15, -0.1) is 11.3 Å². The van der Waals surface area contributed by atoms with Crippen LogP contribution in [0.4, 0.5) is 17.1 Å². The highest BCUT2D eigenvalue weighted by atomic mass is 32.1. The molecule has 262 valence electrons. The third-order valence-electron chi connectivity index (χ3n) is 11.0. The highest BCUT2D eigenvalue weighted by molar-refractivity contribution is 7.26. The molecule has 0 spiro atoms. The third-order valence-corrected chi connectivity index (χ3v) is 12.3. The molecule has 0 aliphatic heterocycles. The standard InChI is InChI=1S/C51H30N2O2S/c1-2-10-31(11-3-1)33-15-8-16-36(26-33)53(37-22-25-48-43(29-37)40-23-20-32-12-6-7-17-39(32)50(40)56-48)38-21-24-41-46(30-38)54-45-19-9-18-42(49(41)45)51-52-44-27-34-13-4-5-14-35(34)28-47(44)55-51/h1-30H. The maximum Gasteiger partial charge on any atom is 0.228 e. The Morgan fingerprint density at radius 1 is 0.429 bits per heavy atom. The average molecular weight is 735 g/mol. The lowest BCUT2D eigenvalue weighted by Gasteiger charge is -2.26. The molecular formula is C51H30N2O2S. The second kappa shape index (κ2) is 12.2. The van der Waals surface area contributed by atoms with Gasteiger partial charge in [-0.3, -0.25) is 0 Å². The number of fused-ring (bicyclic) bond motifs is 10. The predicted molar refractivity (Wildman–Crippen MR) is 235 cm³/mol. The fourth-order valence-electron chi connectivity index (χ4n) is 8.39. The SMILES string of the molecule is c1ccc(-c2cccc(N(c3ccc4c(c3)oc3cccc(-c5nc6cc7ccccc7cc6o5)c34)c3ccc4sc5c6ccccc6ccc5c4c3)c2)cc1. The zero-order valence-electron chi connectivity index (χ0n) is 29.9. The number of aromatic nitrogens is 1. The Morgan fingerprint density at radius 3 is 2.07 bits per heavy atom. The third kappa shape index (κ3) is 4.88. The zero-order chi connectivity index (χ0) is 36.7. The molecule has 0 saturated carbocycles. The van der Waals surface area contributed by atoms with E-state index in [1.165, 1.54) is 36.5 Å². The van der Waals surface area contributed by atoms with Crippen LogP contribution in [0.15, 0.2) is 191 Å². The molecule has 3 aromatic heterocycles. The van der Waals surface area contributed by atoms with Gasteiger partial charge in [0.1, 0.15) is 16.7 Å². The summed E-state index contributed by atoms with van der Waals surface area (Å²) in [5, 5.41) is 9.34. The molecule has 9 aromatic carbocycles. The molecule has 0 amide bonds. The molecular weight excluding hydrogens is 705 g/mol. The first-order chi connectivity index (χ1) is 27.7. The summed E-state index contributed by atoms with van der Waals surface area (Å²) in [5.41, 5.74) is 9.56. The molecule has 5 heteroatoms. The molecule has 0 N–H and O–H groups in total. The van der Waals surface area contributed by atoms with Gasteiger partial charge in [0.15, 0.2) is 5.58 Å². The summed E-state index contributed by atoms with van der Waals surface area (Å²) in [7, 11) is 0.